The number of morpholine rings is 1. The van der Waals surface area contributed by atoms with Crippen LogP contribution < -0.4 is 4.90 Å². The van der Waals surface area contributed by atoms with Gasteiger partial charge >= 0.3 is 0 Å². The predicted molar refractivity (Wildman–Crippen MR) is 99.1 cm³/mol. The lowest BCUT2D eigenvalue weighted by atomic mass is 9.90. The maximum absolute atomic E-state index is 12.7. The van der Waals surface area contributed by atoms with Crippen molar-refractivity contribution in [3.05, 3.63) is 30.3 Å². The number of rotatable bonds is 3. The van der Waals surface area contributed by atoms with Crippen LogP contribution in [0.4, 0.5) is 5.69 Å². The van der Waals surface area contributed by atoms with Crippen molar-refractivity contribution in [3.8, 4) is 0 Å². The van der Waals surface area contributed by atoms with E-state index in [1.54, 1.807) is 14.7 Å². The van der Waals surface area contributed by atoms with E-state index in [4.69, 9.17) is 4.74 Å². The van der Waals surface area contributed by atoms with Crippen molar-refractivity contribution in [2.45, 2.75) is 31.3 Å². The first-order valence-corrected chi connectivity index (χ1v) is 9.61. The molecule has 4 rings (SSSR count). The Bertz CT molecular complexity index is 738. The van der Waals surface area contributed by atoms with Crippen molar-refractivity contribution in [3.63, 3.8) is 0 Å². The summed E-state index contributed by atoms with van der Waals surface area (Å²) in [5.74, 6) is -0.0288. The van der Waals surface area contributed by atoms with Crippen molar-refractivity contribution in [2.24, 2.45) is 0 Å². The molecule has 1 atom stereocenters. The lowest BCUT2D eigenvalue weighted by Crippen LogP contribution is -2.62. The zero-order valence-electron chi connectivity index (χ0n) is 15.4. The van der Waals surface area contributed by atoms with Gasteiger partial charge in [0.2, 0.25) is 11.8 Å². The average Bonchev–Trinajstić information content (AvgIpc) is 3.09. The Kier molecular flexibility index (Phi) is 4.86. The van der Waals surface area contributed by atoms with E-state index >= 15 is 0 Å². The quantitative estimate of drug-likeness (QED) is 0.796. The van der Waals surface area contributed by atoms with Crippen LogP contribution in [0.25, 0.3) is 0 Å². The van der Waals surface area contributed by atoms with E-state index in [-0.39, 0.29) is 30.9 Å². The number of hydrogen-bond donors (Lipinski definition) is 0. The molecule has 0 radical (unpaired) electrons. The highest BCUT2D eigenvalue weighted by atomic mass is 16.5. The number of benzene rings is 1. The molecule has 3 aliphatic heterocycles. The van der Waals surface area contributed by atoms with Crippen molar-refractivity contribution in [1.29, 1.82) is 0 Å². The van der Waals surface area contributed by atoms with Gasteiger partial charge in [-0.25, -0.2) is 0 Å². The van der Waals surface area contributed by atoms with Gasteiger partial charge < -0.3 is 19.4 Å². The molecule has 7 heteroatoms. The number of hydrogen-bond acceptors (Lipinski definition) is 4. The number of carbonyl (C=O) groups is 3. The standard InChI is InChI=1S/C20H25N3O4/c24-17-8-4-10-21(17)12-18(25)22-11-5-9-20(14-22)15-23(19(26)13-27-20)16-6-2-1-3-7-16/h1-3,6-7H,4-5,8-15H2. The van der Waals surface area contributed by atoms with E-state index in [1.807, 2.05) is 30.3 Å². The molecule has 1 aromatic carbocycles. The summed E-state index contributed by atoms with van der Waals surface area (Å²) in [6.07, 6.45) is 3.01. The molecule has 3 saturated heterocycles. The molecule has 3 aliphatic rings. The Morgan fingerprint density at radius 1 is 1.04 bits per heavy atom. The van der Waals surface area contributed by atoms with Gasteiger partial charge in [0, 0.05) is 25.2 Å². The Hall–Kier alpha value is -2.41. The van der Waals surface area contributed by atoms with Gasteiger partial charge in [-0.3, -0.25) is 14.4 Å². The molecule has 27 heavy (non-hydrogen) atoms. The molecule has 1 spiro atoms. The van der Waals surface area contributed by atoms with Gasteiger partial charge in [-0.15, -0.1) is 0 Å². The minimum absolute atomic E-state index is 0.0293. The largest absolute Gasteiger partial charge is 0.361 e. The number of para-hydroxylation sites is 1. The molecule has 3 amide bonds. The molecule has 1 aromatic rings. The highest BCUT2D eigenvalue weighted by Crippen LogP contribution is 2.32. The van der Waals surface area contributed by atoms with E-state index in [0.717, 1.165) is 24.9 Å². The maximum atomic E-state index is 12.7. The van der Waals surface area contributed by atoms with Crippen LogP contribution in [-0.4, -0.2) is 72.5 Å². The summed E-state index contributed by atoms with van der Waals surface area (Å²) < 4.78 is 5.98. The molecule has 0 aliphatic carbocycles. The number of piperidine rings is 1. The van der Waals surface area contributed by atoms with Crippen molar-refractivity contribution >= 4 is 23.4 Å². The fraction of sp³-hybridized carbons (Fsp3) is 0.550. The summed E-state index contributed by atoms with van der Waals surface area (Å²) in [6, 6.07) is 9.58. The Balaban J connectivity index is 1.45. The Morgan fingerprint density at radius 2 is 1.85 bits per heavy atom. The Morgan fingerprint density at radius 3 is 2.59 bits per heavy atom. The van der Waals surface area contributed by atoms with Crippen molar-refractivity contribution in [1.82, 2.24) is 9.80 Å². The van der Waals surface area contributed by atoms with Crippen LogP contribution in [0.3, 0.4) is 0 Å². The van der Waals surface area contributed by atoms with Gasteiger partial charge in [0.1, 0.15) is 12.2 Å². The third kappa shape index (κ3) is 3.69. The summed E-state index contributed by atoms with van der Waals surface area (Å²) in [5.41, 5.74) is 0.323. The highest BCUT2D eigenvalue weighted by Gasteiger charge is 2.44. The first-order valence-electron chi connectivity index (χ1n) is 9.61. The van der Waals surface area contributed by atoms with E-state index in [9.17, 15) is 14.4 Å². The predicted octanol–water partition coefficient (Wildman–Crippen LogP) is 1.03. The van der Waals surface area contributed by atoms with Gasteiger partial charge in [0.25, 0.3) is 5.91 Å². The van der Waals surface area contributed by atoms with Crippen LogP contribution >= 0.6 is 0 Å². The number of anilines is 1. The van der Waals surface area contributed by atoms with Gasteiger partial charge in [0.15, 0.2) is 0 Å². The van der Waals surface area contributed by atoms with Crippen LogP contribution in [0, 0.1) is 0 Å². The number of ether oxygens (including phenoxy) is 1. The number of likely N-dealkylation sites (tertiary alicyclic amines) is 2. The second-order valence-electron chi connectivity index (χ2n) is 7.62. The number of carbonyl (C=O) groups excluding carboxylic acids is 3. The fourth-order valence-electron chi connectivity index (χ4n) is 4.25. The molecule has 1 unspecified atom stereocenters. The first kappa shape index (κ1) is 18.0. The third-order valence-electron chi connectivity index (χ3n) is 5.71. The smallest absolute Gasteiger partial charge is 0.253 e. The molecule has 3 heterocycles. The zero-order valence-corrected chi connectivity index (χ0v) is 15.4. The van der Waals surface area contributed by atoms with Gasteiger partial charge in [-0.05, 0) is 31.4 Å². The summed E-state index contributed by atoms with van der Waals surface area (Å²) >= 11 is 0. The number of amides is 3. The average molecular weight is 371 g/mol. The molecule has 7 nitrogen and oxygen atoms in total. The van der Waals surface area contributed by atoms with E-state index in [2.05, 4.69) is 0 Å². The molecule has 144 valence electrons. The van der Waals surface area contributed by atoms with Crippen molar-refractivity contribution in [2.75, 3.05) is 44.2 Å². The fourth-order valence-corrected chi connectivity index (χ4v) is 4.25. The number of nitrogens with zero attached hydrogens (tertiary/aromatic N) is 3. The lowest BCUT2D eigenvalue weighted by molar-refractivity contribution is -0.155. The minimum Gasteiger partial charge on any atom is -0.361 e. The van der Waals surface area contributed by atoms with Crippen molar-refractivity contribution < 1.29 is 19.1 Å². The lowest BCUT2D eigenvalue weighted by Gasteiger charge is -2.47. The molecule has 3 fully saturated rings. The molecule has 0 N–H and O–H groups in total. The monoisotopic (exact) mass is 371 g/mol. The topological polar surface area (TPSA) is 70.2 Å². The van der Waals surface area contributed by atoms with E-state index in [1.165, 1.54) is 0 Å². The van der Waals surface area contributed by atoms with Crippen LogP contribution in [0.5, 0.6) is 0 Å². The molecular formula is C20H25N3O4. The summed E-state index contributed by atoms with van der Waals surface area (Å²) in [4.78, 5) is 42.1. The summed E-state index contributed by atoms with van der Waals surface area (Å²) in [6.45, 7) is 2.42. The SMILES string of the molecule is O=C1CCCN1CC(=O)N1CCCC2(C1)CN(c1ccccc1)C(=O)CO2. The Labute approximate surface area is 158 Å². The second-order valence-corrected chi connectivity index (χ2v) is 7.62. The zero-order chi connectivity index (χ0) is 18.9. The molecular weight excluding hydrogens is 346 g/mol. The highest BCUT2D eigenvalue weighted by molar-refractivity contribution is 5.95. The molecule has 0 saturated carbocycles. The van der Waals surface area contributed by atoms with Crippen LogP contribution in [0.2, 0.25) is 0 Å². The van der Waals surface area contributed by atoms with Crippen LogP contribution in [0.1, 0.15) is 25.7 Å². The van der Waals surface area contributed by atoms with Gasteiger partial charge in [-0.2, -0.15) is 0 Å². The second kappa shape index (κ2) is 7.31. The molecule has 0 bridgehead atoms. The normalized spacial score (nSPS) is 26.1. The minimum atomic E-state index is -0.535. The van der Waals surface area contributed by atoms with Gasteiger partial charge in [0.05, 0.1) is 19.6 Å². The van der Waals surface area contributed by atoms with Gasteiger partial charge in [-0.1, -0.05) is 18.2 Å². The summed E-state index contributed by atoms with van der Waals surface area (Å²) in [7, 11) is 0. The van der Waals surface area contributed by atoms with Crippen LogP contribution in [0.15, 0.2) is 30.3 Å². The first-order chi connectivity index (χ1) is 13.1. The third-order valence-corrected chi connectivity index (χ3v) is 5.71. The summed E-state index contributed by atoms with van der Waals surface area (Å²) in [5, 5.41) is 0. The van der Waals surface area contributed by atoms with E-state index in [0.29, 0.717) is 32.6 Å². The maximum Gasteiger partial charge on any atom is 0.253 e. The molecule has 0 aromatic heterocycles. The van der Waals surface area contributed by atoms with E-state index < -0.39 is 5.60 Å². The van der Waals surface area contributed by atoms with Crippen LogP contribution in [-0.2, 0) is 19.1 Å².